The van der Waals surface area contributed by atoms with Crippen molar-refractivity contribution in [3.63, 3.8) is 0 Å². The smallest absolute Gasteiger partial charge is 0.336 e. The van der Waals surface area contributed by atoms with Gasteiger partial charge in [0, 0.05) is 23.9 Å². The number of carbonyl (C=O) groups excluding carboxylic acids is 2. The van der Waals surface area contributed by atoms with Crippen LogP contribution in [0.2, 0.25) is 0 Å². The number of alkyl halides is 2. The zero-order valence-electron chi connectivity index (χ0n) is 27.2. The second-order valence-corrected chi connectivity index (χ2v) is 8.61. The Hall–Kier alpha value is -3.67. The van der Waals surface area contributed by atoms with E-state index in [-0.39, 0.29) is 16.5 Å². The van der Waals surface area contributed by atoms with Crippen LogP contribution in [0.1, 0.15) is 103 Å². The largest absolute Gasteiger partial charge is 0.423 e. The van der Waals surface area contributed by atoms with Crippen LogP contribution < -0.4 is 5.63 Å². The van der Waals surface area contributed by atoms with Crippen LogP contribution in [0, 0.1) is 6.92 Å². The quantitative estimate of drug-likeness (QED) is 0.195. The van der Waals surface area contributed by atoms with Crippen LogP contribution in [0.4, 0.5) is 8.78 Å². The molecule has 1 heterocycles. The highest BCUT2D eigenvalue weighted by molar-refractivity contribution is 5.81. The Bertz CT molecular complexity index is 1200. The number of hydrogen-bond acceptors (Lipinski definition) is 4. The third kappa shape index (κ3) is 17.2. The van der Waals surface area contributed by atoms with Crippen molar-refractivity contribution in [2.24, 2.45) is 0 Å². The van der Waals surface area contributed by atoms with Gasteiger partial charge in [0.05, 0.1) is 0 Å². The molecular weight excluding hydrogens is 534 g/mol. The number of carbonyl (C=O) groups is 2. The molecule has 1 aromatic heterocycles. The topological polar surface area (TPSA) is 64.3 Å². The maximum absolute atomic E-state index is 13.8. The monoisotopic (exact) mass is 586 g/mol. The van der Waals surface area contributed by atoms with E-state index >= 15 is 0 Å². The van der Waals surface area contributed by atoms with Crippen molar-refractivity contribution >= 4 is 24.5 Å². The number of benzene rings is 2. The molecule has 0 amide bonds. The predicted octanol–water partition coefficient (Wildman–Crippen LogP) is 10.6. The van der Waals surface area contributed by atoms with Gasteiger partial charge in [0.1, 0.15) is 19.2 Å². The van der Waals surface area contributed by atoms with Gasteiger partial charge in [-0.1, -0.05) is 115 Å². The minimum absolute atomic E-state index is 0.182. The summed E-state index contributed by atoms with van der Waals surface area (Å²) in [6.45, 7) is 21.4. The first-order valence-electron chi connectivity index (χ1n) is 14.6. The Morgan fingerprint density at radius 3 is 1.88 bits per heavy atom. The number of allylic oxidation sites excluding steroid dienone is 4. The van der Waals surface area contributed by atoms with E-state index in [1.807, 2.05) is 72.5 Å². The highest BCUT2D eigenvalue weighted by Gasteiger charge is 2.28. The molecule has 6 heteroatoms. The summed E-state index contributed by atoms with van der Waals surface area (Å²) in [7, 11) is 0. The first kappa shape index (κ1) is 42.8. The van der Waals surface area contributed by atoms with Gasteiger partial charge in [-0.3, -0.25) is 0 Å². The molecule has 2 aromatic carbocycles. The van der Waals surface area contributed by atoms with E-state index in [2.05, 4.69) is 39.0 Å². The second kappa shape index (κ2) is 26.2. The number of aryl methyl sites for hydroxylation is 1. The molecule has 0 fully saturated rings. The fraction of sp³-hybridized carbons (Fsp3) is 0.417. The van der Waals surface area contributed by atoms with Gasteiger partial charge in [0.15, 0.2) is 0 Å². The van der Waals surface area contributed by atoms with Gasteiger partial charge in [-0.05, 0) is 55.9 Å². The molecule has 0 spiro atoms. The fourth-order valence-electron chi connectivity index (χ4n) is 3.70. The van der Waals surface area contributed by atoms with Gasteiger partial charge in [-0.2, -0.15) is 0 Å². The zero-order valence-corrected chi connectivity index (χ0v) is 27.2. The van der Waals surface area contributed by atoms with E-state index in [1.54, 1.807) is 18.2 Å². The lowest BCUT2D eigenvalue weighted by Gasteiger charge is -2.13. The van der Waals surface area contributed by atoms with Crippen LogP contribution in [-0.4, -0.2) is 13.6 Å². The van der Waals surface area contributed by atoms with E-state index in [0.29, 0.717) is 6.42 Å². The third-order valence-corrected chi connectivity index (χ3v) is 5.38. The molecule has 234 valence electrons. The minimum Gasteiger partial charge on any atom is -0.423 e. The number of rotatable bonds is 8. The summed E-state index contributed by atoms with van der Waals surface area (Å²) in [6.07, 6.45) is 12.2. The van der Waals surface area contributed by atoms with Crippen LogP contribution in [0.15, 0.2) is 81.5 Å². The third-order valence-electron chi connectivity index (χ3n) is 5.38. The van der Waals surface area contributed by atoms with Crippen molar-refractivity contribution in [3.05, 3.63) is 105 Å². The summed E-state index contributed by atoms with van der Waals surface area (Å²) in [4.78, 5) is 27.5. The molecule has 3 aromatic rings. The lowest BCUT2D eigenvalue weighted by Crippen LogP contribution is -2.12. The molecule has 3 rings (SSSR count). The van der Waals surface area contributed by atoms with Gasteiger partial charge in [-0.15, -0.1) is 0 Å². The summed E-state index contributed by atoms with van der Waals surface area (Å²) in [5, 5.41) is 0.279. The van der Waals surface area contributed by atoms with Crippen molar-refractivity contribution in [1.82, 2.24) is 0 Å². The maximum atomic E-state index is 13.8. The average Bonchev–Trinajstić information content (AvgIpc) is 3.01. The molecule has 0 radical (unpaired) electrons. The number of hydrogen-bond donors (Lipinski definition) is 0. The molecule has 0 bridgehead atoms. The van der Waals surface area contributed by atoms with Crippen molar-refractivity contribution in [1.29, 1.82) is 0 Å². The summed E-state index contributed by atoms with van der Waals surface area (Å²) >= 11 is 0. The zero-order chi connectivity index (χ0) is 33.1. The molecule has 0 atom stereocenters. The van der Waals surface area contributed by atoms with Gasteiger partial charge >= 0.3 is 5.63 Å². The van der Waals surface area contributed by atoms with Crippen LogP contribution in [0.3, 0.4) is 0 Å². The summed E-state index contributed by atoms with van der Waals surface area (Å²) in [5.74, 6) is -3.10. The highest BCUT2D eigenvalue weighted by Crippen LogP contribution is 2.32. The van der Waals surface area contributed by atoms with Crippen LogP contribution in [-0.2, 0) is 21.9 Å². The van der Waals surface area contributed by atoms with E-state index in [4.69, 9.17) is 14.0 Å². The van der Waals surface area contributed by atoms with Crippen molar-refractivity contribution in [2.45, 2.75) is 100 Å². The normalized spacial score (nSPS) is 10.3. The van der Waals surface area contributed by atoms with Crippen LogP contribution in [0.25, 0.3) is 11.0 Å². The van der Waals surface area contributed by atoms with Crippen LogP contribution in [0.5, 0.6) is 0 Å². The molecule has 0 saturated heterocycles. The van der Waals surface area contributed by atoms with E-state index in [9.17, 15) is 13.6 Å². The predicted molar refractivity (Wildman–Crippen MR) is 176 cm³/mol. The van der Waals surface area contributed by atoms with Gasteiger partial charge in [0.25, 0.3) is 5.92 Å². The molecule has 42 heavy (non-hydrogen) atoms. The van der Waals surface area contributed by atoms with Crippen molar-refractivity contribution in [2.75, 3.05) is 0 Å². The molecule has 0 aliphatic carbocycles. The van der Waals surface area contributed by atoms with Gasteiger partial charge < -0.3 is 14.0 Å². The molecule has 0 N–H and O–H groups in total. The Morgan fingerprint density at radius 2 is 1.40 bits per heavy atom. The van der Waals surface area contributed by atoms with Crippen molar-refractivity contribution < 1.29 is 22.8 Å². The van der Waals surface area contributed by atoms with E-state index < -0.39 is 11.5 Å². The highest BCUT2D eigenvalue weighted by atomic mass is 19.3. The van der Waals surface area contributed by atoms with Gasteiger partial charge in [0.2, 0.25) is 0 Å². The van der Waals surface area contributed by atoms with E-state index in [0.717, 1.165) is 37.0 Å². The first-order chi connectivity index (χ1) is 20.2. The minimum atomic E-state index is -3.10. The molecule has 0 aliphatic heterocycles. The molecule has 4 nitrogen and oxygen atoms in total. The lowest BCUT2D eigenvalue weighted by molar-refractivity contribution is -0.0987. The number of fused-ring (bicyclic) bond motifs is 1. The fourth-order valence-corrected chi connectivity index (χ4v) is 3.70. The summed E-state index contributed by atoms with van der Waals surface area (Å²) in [6, 6.07) is 14.0. The Balaban J connectivity index is -0.000000678. The molecule has 0 unspecified atom stereocenters. The second-order valence-electron chi connectivity index (χ2n) is 8.61. The SMILES string of the molecule is C=O.C=O.CC.CC.CC/C=C\C(=C/CC)CCC.Cc1ccc(Cc2ccc3oc(=O)cc(C(C)(F)F)c3c2)cc1. The number of halogens is 2. The molecule has 0 aliphatic rings. The Kier molecular flexibility index (Phi) is 26.7. The maximum Gasteiger partial charge on any atom is 0.336 e. The van der Waals surface area contributed by atoms with Crippen molar-refractivity contribution in [3.8, 4) is 0 Å². The Morgan fingerprint density at radius 1 is 0.857 bits per heavy atom. The van der Waals surface area contributed by atoms with Crippen LogP contribution >= 0.6 is 0 Å². The van der Waals surface area contributed by atoms with E-state index in [1.165, 1.54) is 24.0 Å². The summed E-state index contributed by atoms with van der Waals surface area (Å²) in [5.41, 5.74) is 3.77. The first-order valence-corrected chi connectivity index (χ1v) is 14.6. The molecular formula is C36H52F2O4. The summed E-state index contributed by atoms with van der Waals surface area (Å²) < 4.78 is 32.6. The lowest BCUT2D eigenvalue weighted by atomic mass is 9.99. The molecule has 0 saturated carbocycles. The average molecular weight is 587 g/mol. The Labute approximate surface area is 252 Å². The standard InChI is InChI=1S/C19H16F2O2.C11H20.2C2H6.2CH2O/c1-12-3-5-13(6-4-12)9-14-7-8-17-15(10-14)16(19(2,20)21)11-18(22)23-17;1-4-7-10-11(8-5-2)9-6-3;4*1-2/h3-8,10-11H,9H2,1-2H3;7-8,10H,4-6,9H2,1-3H3;2*1-2H3;2*1H2/b;10-7-,11-8-;;;;. The van der Waals surface area contributed by atoms with Gasteiger partial charge in [-0.25, -0.2) is 13.6 Å².